The van der Waals surface area contributed by atoms with Crippen LogP contribution in [0.15, 0.2) is 53.0 Å². The molecule has 1 N–H and O–H groups in total. The van der Waals surface area contributed by atoms with E-state index in [4.69, 9.17) is 4.74 Å². The molecule has 0 bridgehead atoms. The van der Waals surface area contributed by atoms with Crippen LogP contribution >= 0.6 is 27.5 Å². The number of carbonyl (C=O) groups excluding carboxylic acids is 1. The molecule has 5 nitrogen and oxygen atoms in total. The Morgan fingerprint density at radius 1 is 1.17 bits per heavy atom. The number of amides is 1. The molecule has 3 aromatic rings. The second-order valence-electron chi connectivity index (χ2n) is 4.61. The van der Waals surface area contributed by atoms with Gasteiger partial charge in [-0.1, -0.05) is 16.6 Å². The fourth-order valence-corrected chi connectivity index (χ4v) is 2.99. The van der Waals surface area contributed by atoms with E-state index < -0.39 is 0 Å². The maximum absolute atomic E-state index is 12.5. The van der Waals surface area contributed by atoms with E-state index in [0.717, 1.165) is 27.3 Å². The predicted octanol–water partition coefficient (Wildman–Crippen LogP) is 4.23. The number of para-hydroxylation sites is 1. The van der Waals surface area contributed by atoms with Crippen molar-refractivity contribution in [2.24, 2.45) is 0 Å². The minimum absolute atomic E-state index is 0.238. The fourth-order valence-electron chi connectivity index (χ4n) is 2.02. The highest BCUT2D eigenvalue weighted by Gasteiger charge is 2.18. The van der Waals surface area contributed by atoms with E-state index in [1.54, 1.807) is 7.11 Å². The Hall–Kier alpha value is -2.25. The maximum Gasteiger partial charge on any atom is 0.269 e. The third kappa shape index (κ3) is 3.40. The standard InChI is InChI=1S/C16H12BrN3O2S/c1-22-11-8-6-10(7-9-11)14-15(23-20-19-14)16(21)18-13-5-3-2-4-12(13)17/h2-9H,1H3,(H,18,21). The normalized spacial score (nSPS) is 10.3. The molecule has 3 rings (SSSR count). The second kappa shape index (κ2) is 6.89. The van der Waals surface area contributed by atoms with Gasteiger partial charge in [0.1, 0.15) is 16.3 Å². The van der Waals surface area contributed by atoms with Crippen LogP contribution in [0.2, 0.25) is 0 Å². The number of nitrogens with one attached hydrogen (secondary N) is 1. The zero-order chi connectivity index (χ0) is 16.2. The van der Waals surface area contributed by atoms with E-state index in [2.05, 4.69) is 30.8 Å². The summed E-state index contributed by atoms with van der Waals surface area (Å²) in [7, 11) is 1.61. The summed E-state index contributed by atoms with van der Waals surface area (Å²) in [4.78, 5) is 13.0. The van der Waals surface area contributed by atoms with Gasteiger partial charge in [0, 0.05) is 10.0 Å². The van der Waals surface area contributed by atoms with Crippen LogP contribution in [-0.2, 0) is 0 Å². The second-order valence-corrected chi connectivity index (χ2v) is 6.22. The molecule has 1 amide bonds. The van der Waals surface area contributed by atoms with Crippen molar-refractivity contribution in [3.8, 4) is 17.0 Å². The molecule has 1 heterocycles. The van der Waals surface area contributed by atoms with Gasteiger partial charge in [-0.25, -0.2) is 0 Å². The summed E-state index contributed by atoms with van der Waals surface area (Å²) in [5.74, 6) is 0.508. The number of nitrogens with zero attached hydrogens (tertiary/aromatic N) is 2. The first-order valence-electron chi connectivity index (χ1n) is 6.71. The van der Waals surface area contributed by atoms with E-state index in [1.807, 2.05) is 48.5 Å². The van der Waals surface area contributed by atoms with Gasteiger partial charge in [-0.2, -0.15) is 0 Å². The lowest BCUT2D eigenvalue weighted by Gasteiger charge is -2.07. The first-order valence-corrected chi connectivity index (χ1v) is 8.28. The van der Waals surface area contributed by atoms with Crippen LogP contribution in [0.3, 0.4) is 0 Å². The van der Waals surface area contributed by atoms with Gasteiger partial charge in [-0.05, 0) is 63.9 Å². The molecule has 0 atom stereocenters. The quantitative estimate of drug-likeness (QED) is 0.724. The molecule has 0 aliphatic carbocycles. The third-order valence-corrected chi connectivity index (χ3v) is 4.60. The maximum atomic E-state index is 12.5. The van der Waals surface area contributed by atoms with E-state index in [1.165, 1.54) is 0 Å². The molecular weight excluding hydrogens is 378 g/mol. The van der Waals surface area contributed by atoms with Crippen molar-refractivity contribution >= 4 is 39.1 Å². The summed E-state index contributed by atoms with van der Waals surface area (Å²) in [6.45, 7) is 0. The number of benzene rings is 2. The number of methoxy groups -OCH3 is 1. The van der Waals surface area contributed by atoms with Crippen molar-refractivity contribution in [3.63, 3.8) is 0 Å². The molecule has 0 saturated carbocycles. The lowest BCUT2D eigenvalue weighted by molar-refractivity contribution is 0.103. The highest BCUT2D eigenvalue weighted by Crippen LogP contribution is 2.28. The topological polar surface area (TPSA) is 64.1 Å². The Kier molecular flexibility index (Phi) is 4.68. The zero-order valence-electron chi connectivity index (χ0n) is 12.1. The van der Waals surface area contributed by atoms with Crippen molar-refractivity contribution in [1.29, 1.82) is 0 Å². The van der Waals surface area contributed by atoms with Crippen LogP contribution in [0.5, 0.6) is 5.75 Å². The number of ether oxygens (including phenoxy) is 1. The molecule has 0 saturated heterocycles. The Bertz CT molecular complexity index is 833. The minimum atomic E-state index is -0.238. The molecule has 2 aromatic carbocycles. The van der Waals surface area contributed by atoms with Crippen molar-refractivity contribution in [1.82, 2.24) is 9.59 Å². The van der Waals surface area contributed by atoms with Gasteiger partial charge in [0.2, 0.25) is 0 Å². The van der Waals surface area contributed by atoms with Gasteiger partial charge in [0.15, 0.2) is 0 Å². The molecule has 1 aromatic heterocycles. The van der Waals surface area contributed by atoms with Gasteiger partial charge < -0.3 is 10.1 Å². The monoisotopic (exact) mass is 389 g/mol. The Morgan fingerprint density at radius 3 is 2.61 bits per heavy atom. The molecule has 0 aliphatic heterocycles. The van der Waals surface area contributed by atoms with E-state index in [-0.39, 0.29) is 5.91 Å². The Balaban J connectivity index is 1.88. The van der Waals surface area contributed by atoms with Crippen molar-refractivity contribution in [2.45, 2.75) is 0 Å². The van der Waals surface area contributed by atoms with E-state index in [9.17, 15) is 4.79 Å². The smallest absolute Gasteiger partial charge is 0.269 e. The largest absolute Gasteiger partial charge is 0.497 e. The van der Waals surface area contributed by atoms with Gasteiger partial charge in [0.05, 0.1) is 12.8 Å². The Labute approximate surface area is 145 Å². The number of rotatable bonds is 4. The van der Waals surface area contributed by atoms with Crippen LogP contribution in [0.4, 0.5) is 5.69 Å². The number of hydrogen-bond donors (Lipinski definition) is 1. The van der Waals surface area contributed by atoms with Crippen LogP contribution in [0.1, 0.15) is 9.67 Å². The minimum Gasteiger partial charge on any atom is -0.497 e. The molecule has 116 valence electrons. The lowest BCUT2D eigenvalue weighted by atomic mass is 10.1. The number of anilines is 1. The average molecular weight is 390 g/mol. The summed E-state index contributed by atoms with van der Waals surface area (Å²) < 4.78 is 9.87. The van der Waals surface area contributed by atoms with Crippen molar-refractivity contribution in [3.05, 3.63) is 57.9 Å². The van der Waals surface area contributed by atoms with Crippen molar-refractivity contribution < 1.29 is 9.53 Å². The summed E-state index contributed by atoms with van der Waals surface area (Å²) in [6, 6.07) is 14.8. The van der Waals surface area contributed by atoms with Crippen LogP contribution in [0, 0.1) is 0 Å². The molecule has 0 aliphatic rings. The number of halogens is 1. The fraction of sp³-hybridized carbons (Fsp3) is 0.0625. The first-order chi connectivity index (χ1) is 11.2. The number of hydrogen-bond acceptors (Lipinski definition) is 5. The van der Waals surface area contributed by atoms with Gasteiger partial charge in [-0.15, -0.1) is 5.10 Å². The predicted molar refractivity (Wildman–Crippen MR) is 94.0 cm³/mol. The summed E-state index contributed by atoms with van der Waals surface area (Å²) in [5.41, 5.74) is 2.07. The Morgan fingerprint density at radius 2 is 1.91 bits per heavy atom. The SMILES string of the molecule is COc1ccc(-c2nnsc2C(=O)Nc2ccccc2Br)cc1. The van der Waals surface area contributed by atoms with E-state index in [0.29, 0.717) is 16.3 Å². The van der Waals surface area contributed by atoms with Gasteiger partial charge in [0.25, 0.3) is 5.91 Å². The third-order valence-electron chi connectivity index (χ3n) is 3.18. The average Bonchev–Trinajstić information content (AvgIpc) is 3.07. The highest BCUT2D eigenvalue weighted by atomic mass is 79.9. The molecule has 0 unspecified atom stereocenters. The number of carbonyl (C=O) groups is 1. The summed E-state index contributed by atoms with van der Waals surface area (Å²) in [5, 5.41) is 6.95. The molecular formula is C16H12BrN3O2S. The van der Waals surface area contributed by atoms with Crippen LogP contribution in [-0.4, -0.2) is 22.6 Å². The van der Waals surface area contributed by atoms with Crippen LogP contribution < -0.4 is 10.1 Å². The zero-order valence-corrected chi connectivity index (χ0v) is 14.5. The molecule has 0 spiro atoms. The highest BCUT2D eigenvalue weighted by molar-refractivity contribution is 9.10. The van der Waals surface area contributed by atoms with Gasteiger partial charge in [-0.3, -0.25) is 4.79 Å². The lowest BCUT2D eigenvalue weighted by Crippen LogP contribution is -2.11. The first kappa shape index (κ1) is 15.6. The summed E-state index contributed by atoms with van der Waals surface area (Å²) in [6.07, 6.45) is 0. The summed E-state index contributed by atoms with van der Waals surface area (Å²) >= 11 is 4.48. The van der Waals surface area contributed by atoms with E-state index >= 15 is 0 Å². The molecule has 0 fully saturated rings. The van der Waals surface area contributed by atoms with Crippen molar-refractivity contribution in [2.75, 3.05) is 12.4 Å². The molecule has 0 radical (unpaired) electrons. The van der Waals surface area contributed by atoms with Crippen LogP contribution in [0.25, 0.3) is 11.3 Å². The molecule has 23 heavy (non-hydrogen) atoms. The van der Waals surface area contributed by atoms with Gasteiger partial charge >= 0.3 is 0 Å². The number of aromatic nitrogens is 2. The molecule has 7 heteroatoms.